The summed E-state index contributed by atoms with van der Waals surface area (Å²) in [6, 6.07) is 0. The monoisotopic (exact) mass is 306 g/mol. The van der Waals surface area contributed by atoms with Crippen molar-refractivity contribution in [3.63, 3.8) is 0 Å². The molecule has 3 atom stereocenters. The fraction of sp³-hybridized carbons (Fsp3) is 0.857. The number of hydrogen-bond acceptors (Lipinski definition) is 8. The fourth-order valence-corrected chi connectivity index (χ4v) is 1.97. The minimum absolute atomic E-state index is 0.0814. The van der Waals surface area contributed by atoms with Crippen LogP contribution in [0.3, 0.4) is 0 Å². The fourth-order valence-electron chi connectivity index (χ4n) is 0.888. The first-order valence-electron chi connectivity index (χ1n) is 4.71. The number of aliphatic hydroxyl groups is 4. The summed E-state index contributed by atoms with van der Waals surface area (Å²) in [5.74, 6) is -1.53. The Kier molecular flexibility index (Phi) is 7.99. The van der Waals surface area contributed by atoms with E-state index in [0.717, 1.165) is 11.8 Å². The molecule has 0 aliphatic carbocycles. The van der Waals surface area contributed by atoms with Crippen molar-refractivity contribution in [1.82, 2.24) is 0 Å². The number of phosphoric ester groups is 1. The van der Waals surface area contributed by atoms with Crippen LogP contribution in [0.15, 0.2) is 0 Å². The van der Waals surface area contributed by atoms with Crippen LogP contribution < -0.4 is 0 Å². The Morgan fingerprint density at radius 1 is 1.28 bits per heavy atom. The first-order valence-corrected chi connectivity index (χ1v) is 7.39. The second kappa shape index (κ2) is 8.08. The van der Waals surface area contributed by atoms with Crippen molar-refractivity contribution in [2.45, 2.75) is 18.3 Å². The van der Waals surface area contributed by atoms with Crippen LogP contribution >= 0.6 is 19.6 Å². The van der Waals surface area contributed by atoms with Gasteiger partial charge in [-0.25, -0.2) is 9.36 Å². The van der Waals surface area contributed by atoms with Crippen LogP contribution in [0.2, 0.25) is 0 Å². The molecule has 0 aromatic heterocycles. The molecule has 0 spiro atoms. The van der Waals surface area contributed by atoms with Gasteiger partial charge in [-0.2, -0.15) is 11.8 Å². The van der Waals surface area contributed by atoms with Gasteiger partial charge in [0.15, 0.2) is 6.10 Å². The molecule has 0 bridgehead atoms. The van der Waals surface area contributed by atoms with Crippen molar-refractivity contribution >= 4 is 25.6 Å². The minimum Gasteiger partial charge on any atom is -0.396 e. The van der Waals surface area contributed by atoms with E-state index in [4.69, 9.17) is 14.9 Å². The van der Waals surface area contributed by atoms with Crippen LogP contribution in [0.4, 0.5) is 0 Å². The number of phosphoric acid groups is 1. The molecule has 6 N–H and O–H groups in total. The van der Waals surface area contributed by atoms with E-state index < -0.39 is 32.1 Å². The number of carbonyl (C=O) groups is 1. The highest BCUT2D eigenvalue weighted by Crippen LogP contribution is 2.36. The second-order valence-electron chi connectivity index (χ2n) is 3.20. The first kappa shape index (κ1) is 17.8. The number of thioether (sulfide) groups is 1. The number of carbonyl (C=O) groups excluding carboxylic acids is 1. The molecule has 0 fully saturated rings. The van der Waals surface area contributed by atoms with Crippen molar-refractivity contribution in [2.75, 3.05) is 18.1 Å². The van der Waals surface area contributed by atoms with Gasteiger partial charge in [-0.3, -0.25) is 9.79 Å². The summed E-state index contributed by atoms with van der Waals surface area (Å²) in [6.07, 6.45) is -5.74. The summed E-state index contributed by atoms with van der Waals surface area (Å²) in [5.41, 5.74) is 0. The normalized spacial score (nSPS) is 17.0. The number of aliphatic hydroxyl groups excluding tert-OH is 4. The zero-order chi connectivity index (χ0) is 14.3. The molecule has 0 saturated heterocycles. The molecule has 18 heavy (non-hydrogen) atoms. The van der Waals surface area contributed by atoms with E-state index >= 15 is 0 Å². The Bertz CT molecular complexity index is 305. The average molecular weight is 306 g/mol. The summed E-state index contributed by atoms with van der Waals surface area (Å²) in [5, 5.41) is 36.3. The molecule has 0 radical (unpaired) electrons. The van der Waals surface area contributed by atoms with Crippen molar-refractivity contribution in [2.24, 2.45) is 0 Å². The van der Waals surface area contributed by atoms with Crippen molar-refractivity contribution in [3.05, 3.63) is 0 Å². The lowest BCUT2D eigenvalue weighted by Crippen LogP contribution is -2.44. The molecule has 0 aliphatic heterocycles. The molecule has 0 aliphatic rings. The molecule has 0 rings (SSSR count). The Morgan fingerprint density at radius 3 is 2.28 bits per heavy atom. The lowest BCUT2D eigenvalue weighted by molar-refractivity contribution is -0.155. The highest BCUT2D eigenvalue weighted by Gasteiger charge is 2.34. The zero-order valence-electron chi connectivity index (χ0n) is 9.12. The zero-order valence-corrected chi connectivity index (χ0v) is 10.8. The van der Waals surface area contributed by atoms with E-state index in [2.05, 4.69) is 4.52 Å². The molecular formula is C7H15O9PS. The van der Waals surface area contributed by atoms with Crippen molar-refractivity contribution < 1.29 is 44.1 Å². The molecule has 0 aromatic carbocycles. The van der Waals surface area contributed by atoms with Gasteiger partial charge >= 0.3 is 13.8 Å². The molecular weight excluding hydrogens is 291 g/mol. The van der Waals surface area contributed by atoms with E-state index in [0.29, 0.717) is 0 Å². The van der Waals surface area contributed by atoms with Gasteiger partial charge in [0, 0.05) is 11.5 Å². The van der Waals surface area contributed by atoms with Gasteiger partial charge in [0.05, 0.1) is 12.7 Å². The third-order valence-corrected chi connectivity index (χ3v) is 3.16. The molecule has 0 aromatic rings. The minimum atomic E-state index is -5.11. The van der Waals surface area contributed by atoms with E-state index in [-0.39, 0.29) is 18.1 Å². The van der Waals surface area contributed by atoms with Gasteiger partial charge in [0.25, 0.3) is 0 Å². The molecule has 0 unspecified atom stereocenters. The van der Waals surface area contributed by atoms with E-state index in [1.165, 1.54) is 0 Å². The van der Waals surface area contributed by atoms with Gasteiger partial charge in [-0.15, -0.1) is 0 Å². The highest BCUT2D eigenvalue weighted by atomic mass is 32.2. The third-order valence-electron chi connectivity index (χ3n) is 1.69. The predicted octanol–water partition coefficient (Wildman–Crippen LogP) is -2.57. The van der Waals surface area contributed by atoms with Crippen LogP contribution in [0.1, 0.15) is 0 Å². The summed E-state index contributed by atoms with van der Waals surface area (Å²) < 4.78 is 13.9. The topological polar surface area (TPSA) is 165 Å². The van der Waals surface area contributed by atoms with E-state index in [1.807, 2.05) is 0 Å². The summed E-state index contributed by atoms with van der Waals surface area (Å²) in [6.45, 7) is -0.143. The van der Waals surface area contributed by atoms with E-state index in [1.54, 1.807) is 0 Å². The second-order valence-corrected chi connectivity index (χ2v) is 5.52. The SMILES string of the molecule is O=C(OP(=O)(O)O)[C@H](O)[C@H](O)[C@H](O)CSCCO. The van der Waals surface area contributed by atoms with Gasteiger partial charge in [0.1, 0.15) is 6.10 Å². The average Bonchev–Trinajstić information content (AvgIpc) is 2.24. The molecule has 108 valence electrons. The number of hydrogen-bond donors (Lipinski definition) is 6. The van der Waals surface area contributed by atoms with Crippen LogP contribution in [0.5, 0.6) is 0 Å². The maximum atomic E-state index is 11.0. The molecule has 9 nitrogen and oxygen atoms in total. The molecule has 11 heteroatoms. The van der Waals surface area contributed by atoms with Crippen LogP contribution in [-0.2, 0) is 13.9 Å². The predicted molar refractivity (Wildman–Crippen MR) is 60.6 cm³/mol. The van der Waals surface area contributed by atoms with Gasteiger partial charge in [-0.05, 0) is 0 Å². The van der Waals surface area contributed by atoms with E-state index in [9.17, 15) is 24.7 Å². The van der Waals surface area contributed by atoms with Gasteiger partial charge in [-0.1, -0.05) is 0 Å². The molecule has 0 heterocycles. The van der Waals surface area contributed by atoms with Crippen LogP contribution in [0.25, 0.3) is 0 Å². The molecule has 0 amide bonds. The third kappa shape index (κ3) is 7.29. The maximum absolute atomic E-state index is 11.0. The smallest absolute Gasteiger partial charge is 0.396 e. The van der Waals surface area contributed by atoms with Gasteiger partial charge < -0.3 is 24.9 Å². The lowest BCUT2D eigenvalue weighted by atomic mass is 10.1. The van der Waals surface area contributed by atoms with Crippen molar-refractivity contribution in [3.8, 4) is 0 Å². The Labute approximate surface area is 107 Å². The largest absolute Gasteiger partial charge is 0.527 e. The van der Waals surface area contributed by atoms with Gasteiger partial charge in [0.2, 0.25) is 0 Å². The van der Waals surface area contributed by atoms with Crippen LogP contribution in [-0.4, -0.2) is 72.6 Å². The quantitative estimate of drug-likeness (QED) is 0.207. The highest BCUT2D eigenvalue weighted by molar-refractivity contribution is 7.99. The standard InChI is InChI=1S/C7H15O9PS/c8-1-2-18-3-4(9)5(10)6(11)7(12)16-17(13,14)15/h4-6,8-11H,1-3H2,(H2,13,14,15)/t4-,5-,6-/m1/s1. The number of rotatable bonds is 8. The van der Waals surface area contributed by atoms with Crippen molar-refractivity contribution in [1.29, 1.82) is 0 Å². The Morgan fingerprint density at radius 2 is 1.83 bits per heavy atom. The Balaban J connectivity index is 4.27. The first-order chi connectivity index (χ1) is 8.19. The maximum Gasteiger partial charge on any atom is 0.527 e. The lowest BCUT2D eigenvalue weighted by Gasteiger charge is -2.21. The summed E-state index contributed by atoms with van der Waals surface area (Å²) in [7, 11) is -5.11. The summed E-state index contributed by atoms with van der Waals surface area (Å²) >= 11 is 1.06. The molecule has 0 saturated carbocycles. The summed E-state index contributed by atoms with van der Waals surface area (Å²) in [4.78, 5) is 27.6. The van der Waals surface area contributed by atoms with Crippen LogP contribution in [0, 0.1) is 0 Å². The Hall–Kier alpha value is -0.190.